The highest BCUT2D eigenvalue weighted by Crippen LogP contribution is 2.32. The molecule has 2 atom stereocenters. The quantitative estimate of drug-likeness (QED) is 0.561. The van der Waals surface area contributed by atoms with Crippen molar-refractivity contribution in [2.45, 2.75) is 45.7 Å². The van der Waals surface area contributed by atoms with Crippen LogP contribution in [0.25, 0.3) is 11.1 Å². The van der Waals surface area contributed by atoms with Crippen molar-refractivity contribution in [3.8, 4) is 11.1 Å². The lowest BCUT2D eigenvalue weighted by Crippen LogP contribution is -2.55. The number of rotatable bonds is 5. The third kappa shape index (κ3) is 4.90. The fourth-order valence-electron chi connectivity index (χ4n) is 4.40. The molecule has 1 fully saturated rings. The van der Waals surface area contributed by atoms with E-state index >= 15 is 0 Å². The number of nitrogens with zero attached hydrogens (tertiary/aromatic N) is 2. The standard InChI is InChI=1S/C29H33N3O2/c1-29(2,3)26(30)28(34)31-20-10-15-25(31)27(33)32(23-13-8-5-9-14-23)24-18-16-22(17-19-24)21-11-6-4-7-12-21/h4-9,11-14,16-19,25-26H,10,15,20,30H2,1-3H3/t25?,26-/m1/s1. The molecule has 1 unspecified atom stereocenters. The highest BCUT2D eigenvalue weighted by atomic mass is 16.2. The fourth-order valence-corrected chi connectivity index (χ4v) is 4.40. The molecule has 1 aliphatic heterocycles. The van der Waals surface area contributed by atoms with Gasteiger partial charge in [-0.15, -0.1) is 0 Å². The molecule has 5 heteroatoms. The number of carbonyl (C=O) groups excluding carboxylic acids is 2. The predicted molar refractivity (Wildman–Crippen MR) is 138 cm³/mol. The summed E-state index contributed by atoms with van der Waals surface area (Å²) in [5.74, 6) is -0.263. The van der Waals surface area contributed by atoms with Gasteiger partial charge in [0.1, 0.15) is 6.04 Å². The molecule has 176 valence electrons. The van der Waals surface area contributed by atoms with Crippen LogP contribution in [-0.4, -0.2) is 35.3 Å². The number of nitrogens with two attached hydrogens (primary N) is 1. The zero-order valence-corrected chi connectivity index (χ0v) is 20.1. The highest BCUT2D eigenvalue weighted by Gasteiger charge is 2.41. The van der Waals surface area contributed by atoms with Gasteiger partial charge in [-0.2, -0.15) is 0 Å². The van der Waals surface area contributed by atoms with Crippen LogP contribution in [0.2, 0.25) is 0 Å². The zero-order chi connectivity index (χ0) is 24.3. The minimum Gasteiger partial charge on any atom is -0.329 e. The Bertz CT molecular complexity index is 1120. The average molecular weight is 456 g/mol. The van der Waals surface area contributed by atoms with Crippen molar-refractivity contribution in [3.63, 3.8) is 0 Å². The van der Waals surface area contributed by atoms with Crippen molar-refractivity contribution in [2.75, 3.05) is 11.4 Å². The van der Waals surface area contributed by atoms with Gasteiger partial charge in [-0.3, -0.25) is 14.5 Å². The van der Waals surface area contributed by atoms with Crippen LogP contribution >= 0.6 is 0 Å². The summed E-state index contributed by atoms with van der Waals surface area (Å²) >= 11 is 0. The van der Waals surface area contributed by atoms with Gasteiger partial charge in [-0.05, 0) is 53.6 Å². The molecule has 1 heterocycles. The molecule has 2 amide bonds. The Balaban J connectivity index is 1.67. The van der Waals surface area contributed by atoms with Crippen LogP contribution in [-0.2, 0) is 9.59 Å². The Morgan fingerprint density at radius 1 is 0.853 bits per heavy atom. The van der Waals surface area contributed by atoms with E-state index in [4.69, 9.17) is 5.73 Å². The molecule has 3 aromatic rings. The molecule has 0 aromatic heterocycles. The number of hydrogen-bond acceptors (Lipinski definition) is 3. The minimum absolute atomic E-state index is 0.106. The number of hydrogen-bond donors (Lipinski definition) is 1. The van der Waals surface area contributed by atoms with Crippen molar-refractivity contribution in [1.29, 1.82) is 0 Å². The second-order valence-corrected chi connectivity index (χ2v) is 9.96. The molecule has 3 aromatic carbocycles. The van der Waals surface area contributed by atoms with Gasteiger partial charge in [0.05, 0.1) is 6.04 Å². The molecule has 0 saturated carbocycles. The van der Waals surface area contributed by atoms with Crippen LogP contribution in [0.4, 0.5) is 11.4 Å². The second kappa shape index (κ2) is 9.82. The SMILES string of the molecule is CC(C)(C)[C@H](N)C(=O)N1CCCC1C(=O)N(c1ccccc1)c1ccc(-c2ccccc2)cc1. The summed E-state index contributed by atoms with van der Waals surface area (Å²) in [6.07, 6.45) is 1.42. The third-order valence-electron chi connectivity index (χ3n) is 6.49. The molecule has 5 nitrogen and oxygen atoms in total. The molecule has 0 spiro atoms. The molecule has 0 bridgehead atoms. The number of para-hydroxylation sites is 1. The van der Waals surface area contributed by atoms with E-state index in [2.05, 4.69) is 12.1 Å². The van der Waals surface area contributed by atoms with Gasteiger partial charge in [0.25, 0.3) is 5.91 Å². The van der Waals surface area contributed by atoms with Crippen LogP contribution in [0.3, 0.4) is 0 Å². The predicted octanol–water partition coefficient (Wildman–Crippen LogP) is 5.38. The van der Waals surface area contributed by atoms with Gasteiger partial charge in [-0.25, -0.2) is 0 Å². The summed E-state index contributed by atoms with van der Waals surface area (Å²) in [6.45, 7) is 6.40. The second-order valence-electron chi connectivity index (χ2n) is 9.96. The maximum atomic E-state index is 14.0. The zero-order valence-electron chi connectivity index (χ0n) is 20.1. The Hall–Kier alpha value is -3.44. The molecule has 0 aliphatic carbocycles. The van der Waals surface area contributed by atoms with Gasteiger partial charge in [0.15, 0.2) is 0 Å². The van der Waals surface area contributed by atoms with Gasteiger partial charge in [0, 0.05) is 17.9 Å². The van der Waals surface area contributed by atoms with E-state index in [1.807, 2.05) is 93.6 Å². The van der Waals surface area contributed by atoms with E-state index < -0.39 is 12.1 Å². The van der Waals surface area contributed by atoms with Crippen LogP contribution in [0, 0.1) is 5.41 Å². The summed E-state index contributed by atoms with van der Waals surface area (Å²) in [5.41, 5.74) is 9.67. The lowest BCUT2D eigenvalue weighted by atomic mass is 9.86. The van der Waals surface area contributed by atoms with Crippen molar-refractivity contribution in [1.82, 2.24) is 4.90 Å². The van der Waals surface area contributed by atoms with Crippen LogP contribution in [0.15, 0.2) is 84.9 Å². The monoisotopic (exact) mass is 455 g/mol. The maximum Gasteiger partial charge on any atom is 0.254 e. The van der Waals surface area contributed by atoms with Crippen LogP contribution in [0.5, 0.6) is 0 Å². The minimum atomic E-state index is -0.656. The number of benzene rings is 3. The normalized spacial score (nSPS) is 16.8. The van der Waals surface area contributed by atoms with Crippen molar-refractivity contribution in [2.24, 2.45) is 11.1 Å². The average Bonchev–Trinajstić information content (AvgIpc) is 3.34. The largest absolute Gasteiger partial charge is 0.329 e. The number of anilines is 2. The van der Waals surface area contributed by atoms with Crippen LogP contribution in [0.1, 0.15) is 33.6 Å². The fraction of sp³-hybridized carbons (Fsp3) is 0.310. The van der Waals surface area contributed by atoms with Gasteiger partial charge in [0.2, 0.25) is 5.91 Å². The Kier molecular flexibility index (Phi) is 6.85. The molecular formula is C29H33N3O2. The molecule has 1 saturated heterocycles. The van der Waals surface area contributed by atoms with Crippen molar-refractivity contribution >= 4 is 23.2 Å². The van der Waals surface area contributed by atoms with E-state index in [1.54, 1.807) is 9.80 Å². The molecule has 4 rings (SSSR count). The van der Waals surface area contributed by atoms with E-state index in [0.29, 0.717) is 13.0 Å². The van der Waals surface area contributed by atoms with Crippen molar-refractivity contribution in [3.05, 3.63) is 84.9 Å². The smallest absolute Gasteiger partial charge is 0.254 e. The van der Waals surface area contributed by atoms with E-state index in [-0.39, 0.29) is 17.2 Å². The first-order valence-corrected chi connectivity index (χ1v) is 11.9. The van der Waals surface area contributed by atoms with Crippen molar-refractivity contribution < 1.29 is 9.59 Å². The summed E-state index contributed by atoms with van der Waals surface area (Å²) in [4.78, 5) is 30.6. The van der Waals surface area contributed by atoms with Gasteiger partial charge < -0.3 is 10.6 Å². The number of carbonyl (C=O) groups is 2. The maximum absolute atomic E-state index is 14.0. The number of likely N-dealkylation sites (tertiary alicyclic amines) is 1. The first-order chi connectivity index (χ1) is 16.3. The summed E-state index contributed by atoms with van der Waals surface area (Å²) in [6, 6.07) is 26.6. The van der Waals surface area contributed by atoms with E-state index in [9.17, 15) is 9.59 Å². The third-order valence-corrected chi connectivity index (χ3v) is 6.49. The summed E-state index contributed by atoms with van der Waals surface area (Å²) in [7, 11) is 0. The molecule has 34 heavy (non-hydrogen) atoms. The topological polar surface area (TPSA) is 66.6 Å². The first-order valence-electron chi connectivity index (χ1n) is 11.9. The molecule has 2 N–H and O–H groups in total. The Morgan fingerprint density at radius 3 is 1.97 bits per heavy atom. The number of amides is 2. The van der Waals surface area contributed by atoms with Gasteiger partial charge in [-0.1, -0.05) is 81.4 Å². The van der Waals surface area contributed by atoms with E-state index in [0.717, 1.165) is 28.9 Å². The van der Waals surface area contributed by atoms with Gasteiger partial charge >= 0.3 is 0 Å². The highest BCUT2D eigenvalue weighted by molar-refractivity contribution is 6.05. The van der Waals surface area contributed by atoms with E-state index in [1.165, 1.54) is 0 Å². The molecular weight excluding hydrogens is 422 g/mol. The summed E-state index contributed by atoms with van der Waals surface area (Å²) < 4.78 is 0. The Morgan fingerprint density at radius 2 is 1.38 bits per heavy atom. The molecule has 0 radical (unpaired) electrons. The van der Waals surface area contributed by atoms with Crippen LogP contribution < -0.4 is 10.6 Å². The summed E-state index contributed by atoms with van der Waals surface area (Å²) in [5, 5.41) is 0. The Labute approximate surface area is 202 Å². The molecule has 1 aliphatic rings. The first kappa shape index (κ1) is 23.7. The lowest BCUT2D eigenvalue weighted by Gasteiger charge is -2.34. The lowest BCUT2D eigenvalue weighted by molar-refractivity contribution is -0.140.